The number of amides is 1. The fourth-order valence-electron chi connectivity index (χ4n) is 2.95. The first-order chi connectivity index (χ1) is 12.1. The predicted molar refractivity (Wildman–Crippen MR) is 93.6 cm³/mol. The normalized spacial score (nSPS) is 19.8. The van der Waals surface area contributed by atoms with Gasteiger partial charge < -0.3 is 19.5 Å². The molecule has 1 saturated carbocycles. The van der Waals surface area contributed by atoms with Crippen molar-refractivity contribution in [3.8, 4) is 11.5 Å². The van der Waals surface area contributed by atoms with Crippen LogP contribution in [0.25, 0.3) is 0 Å². The summed E-state index contributed by atoms with van der Waals surface area (Å²) >= 11 is 0. The Bertz CT molecular complexity index is 575. The van der Waals surface area contributed by atoms with Gasteiger partial charge in [0.25, 0.3) is 5.91 Å². The number of nitrogens with one attached hydrogen (secondary N) is 1. The molecule has 1 aromatic rings. The number of carbonyl (C=O) groups is 2. The van der Waals surface area contributed by atoms with Gasteiger partial charge in [-0.1, -0.05) is 31.9 Å². The molecule has 0 aromatic heterocycles. The lowest BCUT2D eigenvalue weighted by molar-refractivity contribution is -0.150. The van der Waals surface area contributed by atoms with Crippen molar-refractivity contribution in [3.63, 3.8) is 0 Å². The Morgan fingerprint density at radius 3 is 2.44 bits per heavy atom. The Hall–Kier alpha value is -2.24. The van der Waals surface area contributed by atoms with Crippen molar-refractivity contribution in [3.05, 3.63) is 24.3 Å². The van der Waals surface area contributed by atoms with Crippen molar-refractivity contribution in [2.75, 3.05) is 19.8 Å². The molecule has 0 saturated heterocycles. The number of benzene rings is 1. The number of carbonyl (C=O) groups excluding carboxylic acids is 2. The lowest BCUT2D eigenvalue weighted by atomic mass is 9.86. The zero-order valence-corrected chi connectivity index (χ0v) is 15.0. The number of hydrogen-bond donors (Lipinski definition) is 1. The molecule has 6 nitrogen and oxygen atoms in total. The van der Waals surface area contributed by atoms with Gasteiger partial charge in [-0.2, -0.15) is 0 Å². The highest BCUT2D eigenvalue weighted by Crippen LogP contribution is 2.26. The molecule has 2 atom stereocenters. The first-order valence-electron chi connectivity index (χ1n) is 8.89. The van der Waals surface area contributed by atoms with Crippen LogP contribution >= 0.6 is 0 Å². The summed E-state index contributed by atoms with van der Waals surface area (Å²) < 4.78 is 15.8. The molecule has 1 aliphatic carbocycles. The van der Waals surface area contributed by atoms with E-state index in [1.54, 1.807) is 18.2 Å². The minimum atomic E-state index is -0.585. The van der Waals surface area contributed by atoms with Gasteiger partial charge in [-0.05, 0) is 37.8 Å². The van der Waals surface area contributed by atoms with Gasteiger partial charge in [0.05, 0.1) is 6.61 Å². The highest BCUT2D eigenvalue weighted by atomic mass is 16.6. The van der Waals surface area contributed by atoms with Gasteiger partial charge in [-0.3, -0.25) is 4.79 Å². The van der Waals surface area contributed by atoms with Gasteiger partial charge in [0.2, 0.25) is 0 Å². The van der Waals surface area contributed by atoms with Crippen molar-refractivity contribution in [1.82, 2.24) is 5.32 Å². The van der Waals surface area contributed by atoms with Gasteiger partial charge in [0.15, 0.2) is 24.7 Å². The van der Waals surface area contributed by atoms with Crippen LogP contribution in [0.15, 0.2) is 24.3 Å². The van der Waals surface area contributed by atoms with Crippen LogP contribution in [0.4, 0.5) is 0 Å². The van der Waals surface area contributed by atoms with Crippen LogP contribution in [0, 0.1) is 5.92 Å². The fourth-order valence-corrected chi connectivity index (χ4v) is 2.95. The monoisotopic (exact) mass is 349 g/mol. The molecule has 1 aromatic carbocycles. The highest BCUT2D eigenvalue weighted by molar-refractivity contribution is 5.81. The highest BCUT2D eigenvalue weighted by Gasteiger charge is 2.23. The van der Waals surface area contributed by atoms with E-state index >= 15 is 0 Å². The standard InChI is InChI=1S/C19H27NO5/c1-3-23-16-10-6-7-11-17(16)24-13-19(22)25-12-18(21)20-15-9-5-4-8-14(15)2/h6-7,10-11,14-15H,3-5,8-9,12-13H2,1-2H3,(H,20,21)/t14-,15-/m0/s1. The summed E-state index contributed by atoms with van der Waals surface area (Å²) in [6.45, 7) is 3.97. The molecule has 6 heteroatoms. The first-order valence-corrected chi connectivity index (χ1v) is 8.89. The molecule has 0 aliphatic heterocycles. The maximum absolute atomic E-state index is 11.9. The minimum Gasteiger partial charge on any atom is -0.490 e. The minimum absolute atomic E-state index is 0.175. The molecule has 25 heavy (non-hydrogen) atoms. The van der Waals surface area contributed by atoms with Crippen LogP contribution in [0.5, 0.6) is 11.5 Å². The Morgan fingerprint density at radius 1 is 1.08 bits per heavy atom. The smallest absolute Gasteiger partial charge is 0.344 e. The maximum atomic E-state index is 11.9. The summed E-state index contributed by atoms with van der Waals surface area (Å²) in [5.41, 5.74) is 0. The van der Waals surface area contributed by atoms with Crippen molar-refractivity contribution in [2.24, 2.45) is 5.92 Å². The van der Waals surface area contributed by atoms with Crippen molar-refractivity contribution in [1.29, 1.82) is 0 Å². The zero-order valence-electron chi connectivity index (χ0n) is 15.0. The molecule has 0 unspecified atom stereocenters. The van der Waals surface area contributed by atoms with E-state index in [1.807, 2.05) is 13.0 Å². The summed E-state index contributed by atoms with van der Waals surface area (Å²) in [7, 11) is 0. The third-order valence-corrected chi connectivity index (χ3v) is 4.32. The van der Waals surface area contributed by atoms with Crippen molar-refractivity contribution >= 4 is 11.9 Å². The summed E-state index contributed by atoms with van der Waals surface area (Å²) in [5.74, 6) is 0.662. The van der Waals surface area contributed by atoms with E-state index in [1.165, 1.54) is 6.42 Å². The number of esters is 1. The van der Waals surface area contributed by atoms with Gasteiger partial charge in [0.1, 0.15) is 0 Å². The van der Waals surface area contributed by atoms with Gasteiger partial charge in [0, 0.05) is 6.04 Å². The van der Waals surface area contributed by atoms with E-state index in [0.717, 1.165) is 19.3 Å². The Morgan fingerprint density at radius 2 is 1.76 bits per heavy atom. The fraction of sp³-hybridized carbons (Fsp3) is 0.579. The molecule has 1 amide bonds. The summed E-state index contributed by atoms with van der Waals surface area (Å²) in [4.78, 5) is 23.7. The summed E-state index contributed by atoms with van der Waals surface area (Å²) in [6, 6.07) is 7.28. The van der Waals surface area contributed by atoms with Crippen LogP contribution in [0.3, 0.4) is 0 Å². The first kappa shape index (κ1) is 19.1. The molecule has 138 valence electrons. The molecule has 0 bridgehead atoms. The van der Waals surface area contributed by atoms with Gasteiger partial charge >= 0.3 is 5.97 Å². The number of hydrogen-bond acceptors (Lipinski definition) is 5. The van der Waals surface area contributed by atoms with E-state index in [-0.39, 0.29) is 25.2 Å². The number of para-hydroxylation sites is 2. The average molecular weight is 349 g/mol. The molecule has 2 rings (SSSR count). The SMILES string of the molecule is CCOc1ccccc1OCC(=O)OCC(=O)N[C@H]1CCCC[C@@H]1C. The predicted octanol–water partition coefficient (Wildman–Crippen LogP) is 2.70. The zero-order chi connectivity index (χ0) is 18.1. The van der Waals surface area contributed by atoms with Crippen LogP contribution < -0.4 is 14.8 Å². The molecule has 0 spiro atoms. The Balaban J connectivity index is 1.71. The summed E-state index contributed by atoms with van der Waals surface area (Å²) in [5, 5.41) is 2.95. The second kappa shape index (κ2) is 9.91. The lowest BCUT2D eigenvalue weighted by Crippen LogP contribution is -2.43. The number of rotatable bonds is 8. The topological polar surface area (TPSA) is 73.9 Å². The molecular weight excluding hydrogens is 322 g/mol. The van der Waals surface area contributed by atoms with Crippen LogP contribution in [-0.2, 0) is 14.3 Å². The Kier molecular flexibility index (Phi) is 7.57. The average Bonchev–Trinajstić information content (AvgIpc) is 2.61. The van der Waals surface area contributed by atoms with E-state index in [4.69, 9.17) is 14.2 Å². The third-order valence-electron chi connectivity index (χ3n) is 4.32. The third kappa shape index (κ3) is 6.29. The van der Waals surface area contributed by atoms with Crippen LogP contribution in [0.1, 0.15) is 39.5 Å². The largest absolute Gasteiger partial charge is 0.490 e. The van der Waals surface area contributed by atoms with E-state index in [9.17, 15) is 9.59 Å². The van der Waals surface area contributed by atoms with Crippen molar-refractivity contribution in [2.45, 2.75) is 45.6 Å². The quantitative estimate of drug-likeness (QED) is 0.731. The van der Waals surface area contributed by atoms with Gasteiger partial charge in [-0.25, -0.2) is 4.79 Å². The molecule has 1 N–H and O–H groups in total. The second-order valence-corrected chi connectivity index (χ2v) is 6.26. The van der Waals surface area contributed by atoms with E-state index in [2.05, 4.69) is 12.2 Å². The van der Waals surface area contributed by atoms with Gasteiger partial charge in [-0.15, -0.1) is 0 Å². The summed E-state index contributed by atoms with van der Waals surface area (Å²) in [6.07, 6.45) is 4.45. The van der Waals surface area contributed by atoms with Crippen LogP contribution in [0.2, 0.25) is 0 Å². The Labute approximate surface area is 148 Å². The van der Waals surface area contributed by atoms with E-state index in [0.29, 0.717) is 24.0 Å². The van der Waals surface area contributed by atoms with Crippen molar-refractivity contribution < 1.29 is 23.8 Å². The molecule has 0 radical (unpaired) electrons. The lowest BCUT2D eigenvalue weighted by Gasteiger charge is -2.29. The number of ether oxygens (including phenoxy) is 3. The van der Waals surface area contributed by atoms with E-state index < -0.39 is 5.97 Å². The van der Waals surface area contributed by atoms with Crippen LogP contribution in [-0.4, -0.2) is 37.7 Å². The molecular formula is C19H27NO5. The molecule has 1 aliphatic rings. The second-order valence-electron chi connectivity index (χ2n) is 6.26. The molecule has 1 fully saturated rings. The maximum Gasteiger partial charge on any atom is 0.344 e. The molecule has 0 heterocycles.